The molecule has 0 unspecified atom stereocenters. The van der Waals surface area contributed by atoms with Gasteiger partial charge < -0.3 is 23.7 Å². The highest BCUT2D eigenvalue weighted by Gasteiger charge is 2.35. The lowest BCUT2D eigenvalue weighted by molar-refractivity contribution is -0.198. The van der Waals surface area contributed by atoms with Crippen molar-refractivity contribution in [1.82, 2.24) is 0 Å². The van der Waals surface area contributed by atoms with E-state index in [9.17, 15) is 0 Å². The number of hydrogen-bond donors (Lipinski definition) is 0. The minimum Gasteiger partial charge on any atom is -0.369 e. The van der Waals surface area contributed by atoms with E-state index in [1.54, 1.807) is 14.2 Å². The molecule has 1 heterocycles. The molecular weight excluding hydrogens is 368 g/mol. The third-order valence-corrected chi connectivity index (χ3v) is 5.61. The van der Waals surface area contributed by atoms with Crippen LogP contribution in [0.2, 0.25) is 0 Å². The molecule has 5 heteroatoms. The van der Waals surface area contributed by atoms with Gasteiger partial charge in [0.2, 0.25) is 0 Å². The SMILES string of the molecule is C#C[C@@H](OCOC)[C@H]1CC[C@@H](OCOC)[C@@H](CCCCCCCCCCCC)O1. The van der Waals surface area contributed by atoms with Crippen LogP contribution < -0.4 is 0 Å². The van der Waals surface area contributed by atoms with Crippen LogP contribution in [-0.4, -0.2) is 52.2 Å². The molecule has 1 aliphatic heterocycles. The molecule has 5 nitrogen and oxygen atoms in total. The van der Waals surface area contributed by atoms with Crippen LogP contribution in [0, 0.1) is 12.3 Å². The number of ether oxygens (including phenoxy) is 5. The Bertz CT molecular complexity index is 409. The summed E-state index contributed by atoms with van der Waals surface area (Å²) in [7, 11) is 3.24. The van der Waals surface area contributed by atoms with Gasteiger partial charge in [-0.1, -0.05) is 77.1 Å². The van der Waals surface area contributed by atoms with E-state index in [1.165, 1.54) is 57.8 Å². The maximum absolute atomic E-state index is 6.33. The third-order valence-electron chi connectivity index (χ3n) is 5.61. The summed E-state index contributed by atoms with van der Waals surface area (Å²) in [5, 5.41) is 0. The topological polar surface area (TPSA) is 46.2 Å². The first-order valence-corrected chi connectivity index (χ1v) is 11.6. The van der Waals surface area contributed by atoms with Crippen molar-refractivity contribution in [2.24, 2.45) is 0 Å². The third kappa shape index (κ3) is 12.0. The van der Waals surface area contributed by atoms with E-state index in [-0.39, 0.29) is 31.2 Å². The highest BCUT2D eigenvalue weighted by molar-refractivity contribution is 5.01. The van der Waals surface area contributed by atoms with Crippen LogP contribution in [-0.2, 0) is 23.7 Å². The molecule has 0 radical (unpaired) electrons. The van der Waals surface area contributed by atoms with E-state index in [2.05, 4.69) is 12.8 Å². The van der Waals surface area contributed by atoms with Crippen molar-refractivity contribution in [1.29, 1.82) is 0 Å². The molecule has 0 aliphatic carbocycles. The van der Waals surface area contributed by atoms with Crippen molar-refractivity contribution in [3.63, 3.8) is 0 Å². The van der Waals surface area contributed by atoms with Gasteiger partial charge in [-0.2, -0.15) is 0 Å². The van der Waals surface area contributed by atoms with Crippen molar-refractivity contribution in [2.45, 2.75) is 115 Å². The minimum absolute atomic E-state index is 0.0416. The lowest BCUT2D eigenvalue weighted by Gasteiger charge is -2.38. The Balaban J connectivity index is 2.31. The van der Waals surface area contributed by atoms with Crippen LogP contribution in [0.4, 0.5) is 0 Å². The summed E-state index contributed by atoms with van der Waals surface area (Å²) in [6.45, 7) is 2.75. The lowest BCUT2D eigenvalue weighted by Crippen LogP contribution is -2.45. The summed E-state index contributed by atoms with van der Waals surface area (Å²) in [5.74, 6) is 2.70. The highest BCUT2D eigenvalue weighted by atomic mass is 16.7. The molecule has 170 valence electrons. The Morgan fingerprint density at radius 3 is 2.10 bits per heavy atom. The molecule has 0 aromatic carbocycles. The first-order valence-electron chi connectivity index (χ1n) is 11.6. The molecule has 0 spiro atoms. The van der Waals surface area contributed by atoms with Crippen LogP contribution in [0.5, 0.6) is 0 Å². The van der Waals surface area contributed by atoms with Gasteiger partial charge in [0.05, 0.1) is 18.3 Å². The average Bonchev–Trinajstić information content (AvgIpc) is 2.74. The molecular formula is C24H44O5. The second kappa shape index (κ2) is 18.2. The molecule has 0 N–H and O–H groups in total. The van der Waals surface area contributed by atoms with Gasteiger partial charge in [-0.15, -0.1) is 6.42 Å². The monoisotopic (exact) mass is 412 g/mol. The first kappa shape index (κ1) is 26.4. The Hall–Kier alpha value is -0.640. The van der Waals surface area contributed by atoms with Gasteiger partial charge in [-0.3, -0.25) is 0 Å². The Kier molecular flexibility index (Phi) is 16.5. The average molecular weight is 413 g/mol. The standard InChI is InChI=1S/C24H44O5/c1-5-7-8-9-10-11-12-13-14-15-16-23-22(28-20-26-4)17-18-24(29-23)21(6-2)27-19-25-3/h2,21-24H,5,7-20H2,1,3-4H3/t21-,22-,23-,24-/m1/s1. The van der Waals surface area contributed by atoms with Crippen molar-refractivity contribution in [3.05, 3.63) is 0 Å². The molecule has 0 saturated carbocycles. The molecule has 0 aromatic heterocycles. The number of terminal acetylenes is 1. The van der Waals surface area contributed by atoms with Gasteiger partial charge in [-0.25, -0.2) is 0 Å². The number of rotatable bonds is 18. The fraction of sp³-hybridized carbons (Fsp3) is 0.917. The first-order chi connectivity index (χ1) is 14.3. The fourth-order valence-corrected chi connectivity index (χ4v) is 3.95. The largest absolute Gasteiger partial charge is 0.369 e. The van der Waals surface area contributed by atoms with Crippen molar-refractivity contribution >= 4 is 0 Å². The summed E-state index contributed by atoms with van der Waals surface area (Å²) >= 11 is 0. The summed E-state index contributed by atoms with van der Waals surface area (Å²) in [4.78, 5) is 0. The van der Waals surface area contributed by atoms with E-state index < -0.39 is 0 Å². The number of hydrogen-bond acceptors (Lipinski definition) is 5. The van der Waals surface area contributed by atoms with E-state index in [1.807, 2.05) is 0 Å². The zero-order chi connectivity index (χ0) is 21.2. The zero-order valence-corrected chi connectivity index (χ0v) is 19.0. The van der Waals surface area contributed by atoms with Gasteiger partial charge >= 0.3 is 0 Å². The quantitative estimate of drug-likeness (QED) is 0.170. The van der Waals surface area contributed by atoms with Crippen LogP contribution in [0.1, 0.15) is 90.4 Å². The molecule has 0 bridgehead atoms. The maximum Gasteiger partial charge on any atom is 0.148 e. The summed E-state index contributed by atoms with van der Waals surface area (Å²) in [5.41, 5.74) is 0. The predicted octanol–water partition coefficient (Wildman–Crippen LogP) is 5.46. The normalized spacial score (nSPS) is 23.0. The zero-order valence-electron chi connectivity index (χ0n) is 19.0. The fourth-order valence-electron chi connectivity index (χ4n) is 3.95. The lowest BCUT2D eigenvalue weighted by atomic mass is 9.94. The van der Waals surface area contributed by atoms with Crippen molar-refractivity contribution in [2.75, 3.05) is 27.8 Å². The Morgan fingerprint density at radius 2 is 1.52 bits per heavy atom. The molecule has 1 rings (SSSR count). The van der Waals surface area contributed by atoms with Crippen LogP contribution in [0.25, 0.3) is 0 Å². The molecule has 1 saturated heterocycles. The summed E-state index contributed by atoms with van der Waals surface area (Å²) < 4.78 is 27.9. The van der Waals surface area contributed by atoms with E-state index in [0.29, 0.717) is 6.79 Å². The molecule has 0 amide bonds. The second-order valence-electron chi connectivity index (χ2n) is 8.03. The van der Waals surface area contributed by atoms with Crippen molar-refractivity contribution < 1.29 is 23.7 Å². The van der Waals surface area contributed by atoms with Gasteiger partial charge in [0.15, 0.2) is 0 Å². The maximum atomic E-state index is 6.33. The number of methoxy groups -OCH3 is 2. The van der Waals surface area contributed by atoms with Crippen LogP contribution >= 0.6 is 0 Å². The molecule has 1 fully saturated rings. The van der Waals surface area contributed by atoms with Gasteiger partial charge in [0.25, 0.3) is 0 Å². The molecule has 4 atom stereocenters. The van der Waals surface area contributed by atoms with Crippen LogP contribution in [0.15, 0.2) is 0 Å². The summed E-state index contributed by atoms with van der Waals surface area (Å²) in [6.07, 6.45) is 21.3. The molecule has 0 aromatic rings. The van der Waals surface area contributed by atoms with Crippen molar-refractivity contribution in [3.8, 4) is 12.3 Å². The van der Waals surface area contributed by atoms with E-state index >= 15 is 0 Å². The van der Waals surface area contributed by atoms with E-state index in [0.717, 1.165) is 25.7 Å². The summed E-state index contributed by atoms with van der Waals surface area (Å²) in [6, 6.07) is 0. The minimum atomic E-state index is -0.381. The molecule has 1 aliphatic rings. The van der Waals surface area contributed by atoms with Gasteiger partial charge in [0, 0.05) is 14.2 Å². The van der Waals surface area contributed by atoms with Crippen LogP contribution in [0.3, 0.4) is 0 Å². The highest BCUT2D eigenvalue weighted by Crippen LogP contribution is 2.28. The Labute approximate surface area is 179 Å². The second-order valence-corrected chi connectivity index (χ2v) is 8.03. The molecule has 29 heavy (non-hydrogen) atoms. The predicted molar refractivity (Wildman–Crippen MR) is 117 cm³/mol. The Morgan fingerprint density at radius 1 is 0.897 bits per heavy atom. The number of unbranched alkanes of at least 4 members (excludes halogenated alkanes) is 9. The van der Waals surface area contributed by atoms with E-state index in [4.69, 9.17) is 30.1 Å². The van der Waals surface area contributed by atoms with Gasteiger partial charge in [0.1, 0.15) is 19.7 Å². The smallest absolute Gasteiger partial charge is 0.148 e. The van der Waals surface area contributed by atoms with Gasteiger partial charge in [-0.05, 0) is 19.3 Å².